The summed E-state index contributed by atoms with van der Waals surface area (Å²) in [5.74, 6) is -0.101. The molecule has 2 aromatic carbocycles. The Kier molecular flexibility index (Phi) is 7.17. The SMILES string of the molecule is C[C@H](NC(=O)CN(C)Cc1ccc(N(C)C)cc1)c1ccc(S(N)(=O)=O)cc1. The lowest BCUT2D eigenvalue weighted by molar-refractivity contribution is -0.122. The first-order chi connectivity index (χ1) is 13.1. The number of nitrogens with two attached hydrogens (primary N) is 1. The number of hydrogen-bond donors (Lipinski definition) is 2. The first-order valence-corrected chi connectivity index (χ1v) is 10.5. The third-order valence-corrected chi connectivity index (χ3v) is 5.33. The topological polar surface area (TPSA) is 95.7 Å². The molecule has 0 bridgehead atoms. The van der Waals surface area contributed by atoms with Crippen LogP contribution in [0.25, 0.3) is 0 Å². The van der Waals surface area contributed by atoms with E-state index in [9.17, 15) is 13.2 Å². The van der Waals surface area contributed by atoms with Gasteiger partial charge in [-0.05, 0) is 49.4 Å². The number of sulfonamides is 1. The highest BCUT2D eigenvalue weighted by molar-refractivity contribution is 7.89. The number of nitrogens with zero attached hydrogens (tertiary/aromatic N) is 2. The van der Waals surface area contributed by atoms with Crippen LogP contribution in [-0.4, -0.2) is 46.9 Å². The molecular weight excluding hydrogens is 376 g/mol. The van der Waals surface area contributed by atoms with E-state index in [0.717, 1.165) is 16.8 Å². The first-order valence-electron chi connectivity index (χ1n) is 8.93. The van der Waals surface area contributed by atoms with Gasteiger partial charge in [-0.25, -0.2) is 13.6 Å². The van der Waals surface area contributed by atoms with Crippen LogP contribution >= 0.6 is 0 Å². The van der Waals surface area contributed by atoms with Gasteiger partial charge in [-0.1, -0.05) is 24.3 Å². The van der Waals surface area contributed by atoms with Crippen molar-refractivity contribution in [2.24, 2.45) is 5.14 Å². The lowest BCUT2D eigenvalue weighted by atomic mass is 10.1. The van der Waals surface area contributed by atoms with E-state index in [2.05, 4.69) is 29.6 Å². The molecule has 0 saturated carbocycles. The molecule has 0 fully saturated rings. The molecule has 0 aliphatic heterocycles. The monoisotopic (exact) mass is 404 g/mol. The molecular formula is C20H28N4O3S. The van der Waals surface area contributed by atoms with Crippen molar-refractivity contribution < 1.29 is 13.2 Å². The van der Waals surface area contributed by atoms with Gasteiger partial charge in [0.05, 0.1) is 17.5 Å². The molecule has 1 amide bonds. The van der Waals surface area contributed by atoms with E-state index < -0.39 is 10.0 Å². The summed E-state index contributed by atoms with van der Waals surface area (Å²) in [5.41, 5.74) is 3.07. The molecule has 0 aliphatic carbocycles. The van der Waals surface area contributed by atoms with Gasteiger partial charge in [0, 0.05) is 26.3 Å². The quantitative estimate of drug-likeness (QED) is 0.698. The summed E-state index contributed by atoms with van der Waals surface area (Å²) >= 11 is 0. The highest BCUT2D eigenvalue weighted by Gasteiger charge is 2.13. The van der Waals surface area contributed by atoms with Crippen molar-refractivity contribution in [3.63, 3.8) is 0 Å². The molecule has 152 valence electrons. The van der Waals surface area contributed by atoms with Gasteiger partial charge in [0.25, 0.3) is 0 Å². The van der Waals surface area contributed by atoms with Crippen molar-refractivity contribution in [1.29, 1.82) is 0 Å². The Hall–Kier alpha value is -2.42. The Labute approximate surface area is 167 Å². The van der Waals surface area contributed by atoms with Crippen LogP contribution in [0.2, 0.25) is 0 Å². The Morgan fingerprint density at radius 1 is 1.04 bits per heavy atom. The number of nitrogens with one attached hydrogen (secondary N) is 1. The maximum absolute atomic E-state index is 12.3. The average molecular weight is 405 g/mol. The zero-order chi connectivity index (χ0) is 20.9. The van der Waals surface area contributed by atoms with Crippen LogP contribution in [0.4, 0.5) is 5.69 Å². The van der Waals surface area contributed by atoms with Crippen molar-refractivity contribution in [3.05, 3.63) is 59.7 Å². The largest absolute Gasteiger partial charge is 0.378 e. The predicted octanol–water partition coefficient (Wildman–Crippen LogP) is 1.71. The Morgan fingerprint density at radius 3 is 2.11 bits per heavy atom. The molecule has 8 heteroatoms. The van der Waals surface area contributed by atoms with Crippen LogP contribution in [0.15, 0.2) is 53.4 Å². The lowest BCUT2D eigenvalue weighted by Gasteiger charge is -2.20. The molecule has 7 nitrogen and oxygen atoms in total. The molecule has 0 heterocycles. The van der Waals surface area contributed by atoms with Crippen molar-refractivity contribution in [2.75, 3.05) is 32.6 Å². The van der Waals surface area contributed by atoms with Gasteiger partial charge in [0.1, 0.15) is 0 Å². The van der Waals surface area contributed by atoms with Crippen LogP contribution in [0.1, 0.15) is 24.1 Å². The first kappa shape index (κ1) is 21.9. The summed E-state index contributed by atoms with van der Waals surface area (Å²) < 4.78 is 22.6. The van der Waals surface area contributed by atoms with Crippen molar-refractivity contribution in [1.82, 2.24) is 10.2 Å². The van der Waals surface area contributed by atoms with Crippen LogP contribution in [0, 0.1) is 0 Å². The second kappa shape index (κ2) is 9.18. The molecule has 0 saturated heterocycles. The molecule has 2 aromatic rings. The smallest absolute Gasteiger partial charge is 0.238 e. The van der Waals surface area contributed by atoms with Crippen LogP contribution in [-0.2, 0) is 21.4 Å². The molecule has 0 aromatic heterocycles. The number of rotatable bonds is 8. The van der Waals surface area contributed by atoms with Gasteiger partial charge < -0.3 is 10.2 Å². The second-order valence-electron chi connectivity index (χ2n) is 7.14. The Morgan fingerprint density at radius 2 is 1.61 bits per heavy atom. The minimum absolute atomic E-state index is 0.0507. The standard InChI is InChI=1S/C20H28N4O3S/c1-15(17-7-11-19(12-8-17)28(21,26)27)22-20(25)14-24(4)13-16-5-9-18(10-6-16)23(2)3/h5-12,15H,13-14H2,1-4H3,(H,22,25)(H2,21,26,27)/t15-/m0/s1. The van der Waals surface area contributed by atoms with E-state index in [4.69, 9.17) is 5.14 Å². The fourth-order valence-corrected chi connectivity index (χ4v) is 3.34. The van der Waals surface area contributed by atoms with E-state index in [1.165, 1.54) is 12.1 Å². The number of amides is 1. The number of benzene rings is 2. The van der Waals surface area contributed by atoms with E-state index in [1.807, 2.05) is 37.9 Å². The van der Waals surface area contributed by atoms with Gasteiger partial charge in [-0.15, -0.1) is 0 Å². The number of hydrogen-bond acceptors (Lipinski definition) is 5. The molecule has 28 heavy (non-hydrogen) atoms. The van der Waals surface area contributed by atoms with Crippen molar-refractivity contribution >= 4 is 21.6 Å². The molecule has 0 aliphatic rings. The summed E-state index contributed by atoms with van der Waals surface area (Å²) in [5, 5.41) is 8.03. The van der Waals surface area contributed by atoms with Gasteiger partial charge in [0.15, 0.2) is 0 Å². The third kappa shape index (κ3) is 6.33. The predicted molar refractivity (Wildman–Crippen MR) is 111 cm³/mol. The zero-order valence-electron chi connectivity index (χ0n) is 16.7. The van der Waals surface area contributed by atoms with Gasteiger partial charge in [-0.2, -0.15) is 0 Å². The summed E-state index contributed by atoms with van der Waals surface area (Å²) in [6, 6.07) is 14.2. The highest BCUT2D eigenvalue weighted by Crippen LogP contribution is 2.16. The normalized spacial score (nSPS) is 12.6. The fraction of sp³-hybridized carbons (Fsp3) is 0.350. The number of anilines is 1. The minimum atomic E-state index is -3.72. The maximum Gasteiger partial charge on any atom is 0.238 e. The maximum atomic E-state index is 12.3. The summed E-state index contributed by atoms with van der Waals surface area (Å²) in [4.78, 5) is 16.4. The number of carbonyl (C=O) groups is 1. The van der Waals surface area contributed by atoms with Crippen LogP contribution in [0.5, 0.6) is 0 Å². The van der Waals surface area contributed by atoms with Gasteiger partial charge in [0.2, 0.25) is 15.9 Å². The second-order valence-corrected chi connectivity index (χ2v) is 8.70. The van der Waals surface area contributed by atoms with E-state index >= 15 is 0 Å². The average Bonchev–Trinajstić information content (AvgIpc) is 2.61. The summed E-state index contributed by atoms with van der Waals surface area (Å²) in [6.45, 7) is 2.78. The number of primary sulfonamides is 1. The lowest BCUT2D eigenvalue weighted by Crippen LogP contribution is -2.36. The zero-order valence-corrected chi connectivity index (χ0v) is 17.5. The van der Waals surface area contributed by atoms with Crippen molar-refractivity contribution in [2.45, 2.75) is 24.4 Å². The van der Waals surface area contributed by atoms with Gasteiger partial charge >= 0.3 is 0 Å². The summed E-state index contributed by atoms with van der Waals surface area (Å²) in [6.07, 6.45) is 0. The van der Waals surface area contributed by atoms with E-state index in [0.29, 0.717) is 6.54 Å². The third-order valence-electron chi connectivity index (χ3n) is 4.40. The molecule has 0 unspecified atom stereocenters. The van der Waals surface area contributed by atoms with E-state index in [-0.39, 0.29) is 23.4 Å². The minimum Gasteiger partial charge on any atom is -0.378 e. The number of likely N-dealkylation sites (N-methyl/N-ethyl adjacent to an activating group) is 1. The van der Waals surface area contributed by atoms with Crippen LogP contribution < -0.4 is 15.4 Å². The van der Waals surface area contributed by atoms with Gasteiger partial charge in [-0.3, -0.25) is 9.69 Å². The molecule has 1 atom stereocenters. The van der Waals surface area contributed by atoms with Crippen molar-refractivity contribution in [3.8, 4) is 0 Å². The van der Waals surface area contributed by atoms with Crippen LogP contribution in [0.3, 0.4) is 0 Å². The molecule has 0 spiro atoms. The fourth-order valence-electron chi connectivity index (χ4n) is 2.83. The van der Waals surface area contributed by atoms with E-state index in [1.54, 1.807) is 12.1 Å². The molecule has 3 N–H and O–H groups in total. The Bertz CT molecular complexity index is 894. The molecule has 0 radical (unpaired) electrons. The molecule has 2 rings (SSSR count). The highest BCUT2D eigenvalue weighted by atomic mass is 32.2. The Balaban J connectivity index is 1.88. The number of carbonyl (C=O) groups excluding carboxylic acids is 1. The summed E-state index contributed by atoms with van der Waals surface area (Å²) in [7, 11) is 2.17.